The van der Waals surface area contributed by atoms with E-state index in [0.29, 0.717) is 12.2 Å². The number of methoxy groups -OCH3 is 1. The summed E-state index contributed by atoms with van der Waals surface area (Å²) in [5.74, 6) is 2.41. The zero-order valence-corrected chi connectivity index (χ0v) is 13.0. The number of Topliss-reactive ketones (excluding diaryl/α,β-unsaturated/α-hetero) is 1. The van der Waals surface area contributed by atoms with Crippen LogP contribution in [0.25, 0.3) is 0 Å². The lowest BCUT2D eigenvalue weighted by Crippen LogP contribution is -2.25. The van der Waals surface area contributed by atoms with E-state index in [-0.39, 0.29) is 11.7 Å². The Kier molecular flexibility index (Phi) is 3.41. The third-order valence-electron chi connectivity index (χ3n) is 4.60. The summed E-state index contributed by atoms with van der Waals surface area (Å²) in [7, 11) is 1.65. The summed E-state index contributed by atoms with van der Waals surface area (Å²) < 4.78 is 11.6. The summed E-state index contributed by atoms with van der Waals surface area (Å²) in [5, 5.41) is 0. The van der Waals surface area contributed by atoms with Crippen LogP contribution >= 0.6 is 0 Å². The molecule has 3 nitrogen and oxygen atoms in total. The maximum absolute atomic E-state index is 12.6. The molecule has 1 atom stereocenters. The van der Waals surface area contributed by atoms with Crippen LogP contribution in [-0.4, -0.2) is 12.9 Å². The monoisotopic (exact) mass is 306 g/mol. The SMILES string of the molecule is COc1cccc2c1OC1=C(C(=O)CCC1)[C@@H]2c1ccccc1. The molecular weight excluding hydrogens is 288 g/mol. The summed E-state index contributed by atoms with van der Waals surface area (Å²) in [5.41, 5.74) is 2.95. The Labute approximate surface area is 135 Å². The Morgan fingerprint density at radius 2 is 1.87 bits per heavy atom. The van der Waals surface area contributed by atoms with Crippen molar-refractivity contribution >= 4 is 5.78 Å². The Bertz CT molecular complexity index is 790. The number of ketones is 1. The van der Waals surface area contributed by atoms with Gasteiger partial charge in [-0.15, -0.1) is 0 Å². The van der Waals surface area contributed by atoms with Gasteiger partial charge in [0.1, 0.15) is 5.76 Å². The molecule has 2 aromatic carbocycles. The molecule has 23 heavy (non-hydrogen) atoms. The maximum Gasteiger partial charge on any atom is 0.172 e. The van der Waals surface area contributed by atoms with Gasteiger partial charge in [-0.3, -0.25) is 4.79 Å². The molecule has 0 saturated carbocycles. The molecule has 0 unspecified atom stereocenters. The molecule has 0 bridgehead atoms. The zero-order chi connectivity index (χ0) is 15.8. The smallest absolute Gasteiger partial charge is 0.172 e. The first kappa shape index (κ1) is 14.1. The number of rotatable bonds is 2. The highest BCUT2D eigenvalue weighted by atomic mass is 16.5. The molecule has 0 N–H and O–H groups in total. The predicted molar refractivity (Wildman–Crippen MR) is 87.8 cm³/mol. The zero-order valence-electron chi connectivity index (χ0n) is 13.0. The fourth-order valence-electron chi connectivity index (χ4n) is 3.56. The van der Waals surface area contributed by atoms with Crippen molar-refractivity contribution < 1.29 is 14.3 Å². The Morgan fingerprint density at radius 3 is 2.65 bits per heavy atom. The van der Waals surface area contributed by atoms with E-state index in [1.807, 2.05) is 36.4 Å². The minimum absolute atomic E-state index is 0.0714. The predicted octanol–water partition coefficient (Wildman–Crippen LogP) is 4.23. The van der Waals surface area contributed by atoms with Crippen molar-refractivity contribution in [3.8, 4) is 11.5 Å². The van der Waals surface area contributed by atoms with Crippen molar-refractivity contribution in [1.82, 2.24) is 0 Å². The molecule has 0 radical (unpaired) electrons. The molecule has 4 rings (SSSR count). The number of ether oxygens (including phenoxy) is 2. The fraction of sp³-hybridized carbons (Fsp3) is 0.250. The van der Waals surface area contributed by atoms with Gasteiger partial charge < -0.3 is 9.47 Å². The largest absolute Gasteiger partial charge is 0.493 e. The number of allylic oxidation sites excluding steroid dienone is 2. The van der Waals surface area contributed by atoms with Gasteiger partial charge in [-0.1, -0.05) is 42.5 Å². The summed E-state index contributed by atoms with van der Waals surface area (Å²) in [6, 6.07) is 16.1. The van der Waals surface area contributed by atoms with Crippen LogP contribution in [0.2, 0.25) is 0 Å². The second-order valence-corrected chi connectivity index (χ2v) is 5.94. The molecule has 2 aliphatic rings. The molecule has 3 heteroatoms. The molecule has 0 fully saturated rings. The molecule has 0 saturated heterocycles. The number of hydrogen-bond donors (Lipinski definition) is 0. The van der Waals surface area contributed by atoms with Crippen LogP contribution in [0.1, 0.15) is 36.3 Å². The van der Waals surface area contributed by atoms with Crippen LogP contribution in [0.4, 0.5) is 0 Å². The third-order valence-corrected chi connectivity index (χ3v) is 4.60. The lowest BCUT2D eigenvalue weighted by atomic mass is 9.77. The van der Waals surface area contributed by atoms with Crippen LogP contribution in [0.5, 0.6) is 11.5 Å². The van der Waals surface area contributed by atoms with Crippen molar-refractivity contribution in [2.45, 2.75) is 25.2 Å². The standard InChI is InChI=1S/C20H18O3/c1-22-17-12-5-9-14-18(13-7-3-2-4-8-13)19-15(21)10-6-11-16(19)23-20(14)17/h2-5,7-9,12,18H,6,10-11H2,1H3/t18-/m1/s1. The number of hydrogen-bond acceptors (Lipinski definition) is 3. The van der Waals surface area contributed by atoms with Crippen molar-refractivity contribution in [1.29, 1.82) is 0 Å². The average molecular weight is 306 g/mol. The molecule has 1 aliphatic heterocycles. The normalized spacial score (nSPS) is 19.7. The first-order valence-electron chi connectivity index (χ1n) is 7.95. The third kappa shape index (κ3) is 2.24. The molecule has 0 spiro atoms. The van der Waals surface area contributed by atoms with Crippen LogP contribution in [0.15, 0.2) is 59.9 Å². The summed E-state index contributed by atoms with van der Waals surface area (Å²) in [6.07, 6.45) is 2.26. The second-order valence-electron chi connectivity index (χ2n) is 5.94. The van der Waals surface area contributed by atoms with E-state index in [1.54, 1.807) is 7.11 Å². The highest BCUT2D eigenvalue weighted by Crippen LogP contribution is 2.49. The minimum Gasteiger partial charge on any atom is -0.493 e. The molecule has 1 aliphatic carbocycles. The Balaban J connectivity index is 1.96. The lowest BCUT2D eigenvalue weighted by molar-refractivity contribution is -0.116. The summed E-state index contributed by atoms with van der Waals surface area (Å²) >= 11 is 0. The molecule has 0 aromatic heterocycles. The summed E-state index contributed by atoms with van der Waals surface area (Å²) in [4.78, 5) is 12.6. The van der Waals surface area contributed by atoms with E-state index in [0.717, 1.165) is 41.1 Å². The number of fused-ring (bicyclic) bond motifs is 1. The highest BCUT2D eigenvalue weighted by molar-refractivity contribution is 5.99. The minimum atomic E-state index is -0.0714. The Morgan fingerprint density at radius 1 is 1.04 bits per heavy atom. The van der Waals surface area contributed by atoms with Crippen molar-refractivity contribution in [2.24, 2.45) is 0 Å². The van der Waals surface area contributed by atoms with Gasteiger partial charge in [0.25, 0.3) is 0 Å². The van der Waals surface area contributed by atoms with Gasteiger partial charge in [-0.25, -0.2) is 0 Å². The van der Waals surface area contributed by atoms with Crippen LogP contribution in [0.3, 0.4) is 0 Å². The molecule has 116 valence electrons. The number of benzene rings is 2. The number of carbonyl (C=O) groups is 1. The fourth-order valence-corrected chi connectivity index (χ4v) is 3.56. The van der Waals surface area contributed by atoms with E-state index in [9.17, 15) is 4.79 Å². The first-order valence-corrected chi connectivity index (χ1v) is 7.95. The van der Waals surface area contributed by atoms with Gasteiger partial charge in [0.05, 0.1) is 7.11 Å². The molecular formula is C20H18O3. The van der Waals surface area contributed by atoms with Crippen molar-refractivity contribution in [3.63, 3.8) is 0 Å². The van der Waals surface area contributed by atoms with Gasteiger partial charge in [0.15, 0.2) is 17.3 Å². The van der Waals surface area contributed by atoms with Crippen molar-refractivity contribution in [3.05, 3.63) is 71.0 Å². The second kappa shape index (κ2) is 5.58. The van der Waals surface area contributed by atoms with Gasteiger partial charge in [0.2, 0.25) is 0 Å². The van der Waals surface area contributed by atoms with Gasteiger partial charge in [0, 0.05) is 29.9 Å². The summed E-state index contributed by atoms with van der Waals surface area (Å²) in [6.45, 7) is 0. The molecule has 0 amide bonds. The number of carbonyl (C=O) groups excluding carboxylic acids is 1. The molecule has 2 aromatic rings. The van der Waals surface area contributed by atoms with E-state index < -0.39 is 0 Å². The van der Waals surface area contributed by atoms with E-state index in [1.165, 1.54) is 0 Å². The van der Waals surface area contributed by atoms with Crippen LogP contribution in [-0.2, 0) is 4.79 Å². The average Bonchev–Trinajstić information content (AvgIpc) is 2.60. The maximum atomic E-state index is 12.6. The van der Waals surface area contributed by atoms with E-state index in [4.69, 9.17) is 9.47 Å². The number of para-hydroxylation sites is 1. The van der Waals surface area contributed by atoms with Gasteiger partial charge in [-0.2, -0.15) is 0 Å². The topological polar surface area (TPSA) is 35.5 Å². The lowest BCUT2D eigenvalue weighted by Gasteiger charge is -2.33. The van der Waals surface area contributed by atoms with E-state index >= 15 is 0 Å². The van der Waals surface area contributed by atoms with Crippen LogP contribution in [0, 0.1) is 0 Å². The van der Waals surface area contributed by atoms with E-state index in [2.05, 4.69) is 12.1 Å². The van der Waals surface area contributed by atoms with Gasteiger partial charge >= 0.3 is 0 Å². The van der Waals surface area contributed by atoms with Gasteiger partial charge in [-0.05, 0) is 18.1 Å². The quantitative estimate of drug-likeness (QED) is 0.833. The van der Waals surface area contributed by atoms with Crippen molar-refractivity contribution in [2.75, 3.05) is 7.11 Å². The Hall–Kier alpha value is -2.55. The first-order chi connectivity index (χ1) is 11.3. The van der Waals surface area contributed by atoms with Crippen LogP contribution < -0.4 is 9.47 Å². The highest BCUT2D eigenvalue weighted by Gasteiger charge is 2.37. The molecule has 1 heterocycles.